The van der Waals surface area contributed by atoms with Gasteiger partial charge in [0.15, 0.2) is 0 Å². The molecule has 0 atom stereocenters. The van der Waals surface area contributed by atoms with E-state index in [1.807, 2.05) is 42.5 Å². The summed E-state index contributed by atoms with van der Waals surface area (Å²) in [5.41, 5.74) is 12.4. The minimum absolute atomic E-state index is 0.0614. The highest BCUT2D eigenvalue weighted by molar-refractivity contribution is 7.21. The molecule has 3 aromatic rings. The number of allylic oxidation sites excluding steroid dienone is 5. The number of benzene rings is 1. The molecular weight excluding hydrogens is 462 g/mol. The van der Waals surface area contributed by atoms with Gasteiger partial charge in [0, 0.05) is 23.2 Å². The van der Waals surface area contributed by atoms with Crippen molar-refractivity contribution in [3.63, 3.8) is 0 Å². The molecule has 0 unspecified atom stereocenters. The largest absolute Gasteiger partial charge is 0.397 e. The topological polar surface area (TPSA) is 68.0 Å². The number of carbonyl (C=O) groups excluding carboxylic acids is 1. The molecular formula is C31H39N3OS. The summed E-state index contributed by atoms with van der Waals surface area (Å²) in [5, 5.41) is 3.79. The van der Waals surface area contributed by atoms with Crippen molar-refractivity contribution in [1.29, 1.82) is 0 Å². The van der Waals surface area contributed by atoms with E-state index in [1.54, 1.807) is 0 Å². The van der Waals surface area contributed by atoms with Crippen LogP contribution in [0, 0.1) is 10.8 Å². The fourth-order valence-electron chi connectivity index (χ4n) is 3.78. The van der Waals surface area contributed by atoms with Crippen LogP contribution in [-0.2, 0) is 6.42 Å². The molecule has 190 valence electrons. The highest BCUT2D eigenvalue weighted by Crippen LogP contribution is 2.34. The first-order valence-corrected chi connectivity index (χ1v) is 13.2. The number of hydrogen-bond acceptors (Lipinski definition) is 4. The SMILES string of the molecule is C=CCc1ccc2c(N)c(C(=O)Nc3ccc(/C(C)=C/C(=C\CC(C)(C)C)C(C)(C)C)cc3)sc2n1. The highest BCUT2D eigenvalue weighted by atomic mass is 32.1. The van der Waals surface area contributed by atoms with Gasteiger partial charge in [0.2, 0.25) is 0 Å². The van der Waals surface area contributed by atoms with Crippen LogP contribution >= 0.6 is 11.3 Å². The molecule has 0 spiro atoms. The number of carbonyl (C=O) groups is 1. The maximum absolute atomic E-state index is 13.0. The first-order chi connectivity index (χ1) is 16.8. The maximum Gasteiger partial charge on any atom is 0.267 e. The Bertz CT molecular complexity index is 1310. The average molecular weight is 502 g/mol. The lowest BCUT2D eigenvalue weighted by molar-refractivity contribution is 0.103. The van der Waals surface area contributed by atoms with E-state index < -0.39 is 0 Å². The van der Waals surface area contributed by atoms with Gasteiger partial charge >= 0.3 is 0 Å². The molecule has 2 heterocycles. The van der Waals surface area contributed by atoms with E-state index in [1.165, 1.54) is 22.5 Å². The van der Waals surface area contributed by atoms with Crippen LogP contribution in [0.25, 0.3) is 15.8 Å². The molecule has 2 aromatic heterocycles. The molecule has 0 aliphatic carbocycles. The number of nitrogens with zero attached hydrogens (tertiary/aromatic N) is 1. The zero-order chi connectivity index (χ0) is 26.7. The van der Waals surface area contributed by atoms with Gasteiger partial charge in [-0.15, -0.1) is 17.9 Å². The zero-order valence-corrected chi connectivity index (χ0v) is 23.5. The molecule has 0 saturated heterocycles. The Morgan fingerprint density at radius 2 is 1.75 bits per heavy atom. The van der Waals surface area contributed by atoms with Gasteiger partial charge < -0.3 is 11.1 Å². The van der Waals surface area contributed by atoms with E-state index in [2.05, 4.69) is 77.5 Å². The number of fused-ring (bicyclic) bond motifs is 1. The minimum Gasteiger partial charge on any atom is -0.397 e. The molecule has 36 heavy (non-hydrogen) atoms. The number of aromatic nitrogens is 1. The number of rotatable bonds is 7. The Kier molecular flexibility index (Phi) is 8.25. The van der Waals surface area contributed by atoms with Crippen molar-refractivity contribution in [1.82, 2.24) is 4.98 Å². The average Bonchev–Trinajstić information content (AvgIpc) is 3.11. The van der Waals surface area contributed by atoms with E-state index in [0.717, 1.165) is 33.6 Å². The smallest absolute Gasteiger partial charge is 0.267 e. The summed E-state index contributed by atoms with van der Waals surface area (Å²) >= 11 is 1.32. The predicted molar refractivity (Wildman–Crippen MR) is 158 cm³/mol. The molecule has 3 rings (SSSR count). The van der Waals surface area contributed by atoms with Crippen molar-refractivity contribution in [3.8, 4) is 0 Å². The Morgan fingerprint density at radius 3 is 2.33 bits per heavy atom. The van der Waals surface area contributed by atoms with Crippen LogP contribution in [0.4, 0.5) is 11.4 Å². The maximum atomic E-state index is 13.0. The van der Waals surface area contributed by atoms with Gasteiger partial charge in [-0.05, 0) is 65.1 Å². The second-order valence-electron chi connectivity index (χ2n) is 11.5. The Morgan fingerprint density at radius 1 is 1.08 bits per heavy atom. The number of pyridine rings is 1. The van der Waals surface area contributed by atoms with Gasteiger partial charge in [-0.2, -0.15) is 0 Å². The Hall–Kier alpha value is -3.18. The normalized spacial score (nSPS) is 13.2. The molecule has 1 aromatic carbocycles. The summed E-state index contributed by atoms with van der Waals surface area (Å²) in [4.78, 5) is 18.9. The molecule has 0 bridgehead atoms. The summed E-state index contributed by atoms with van der Waals surface area (Å²) in [5.74, 6) is -0.221. The van der Waals surface area contributed by atoms with Crippen LogP contribution in [0.3, 0.4) is 0 Å². The minimum atomic E-state index is -0.221. The van der Waals surface area contributed by atoms with E-state index in [-0.39, 0.29) is 16.7 Å². The number of amides is 1. The van der Waals surface area contributed by atoms with Crippen molar-refractivity contribution in [3.05, 3.63) is 82.9 Å². The fraction of sp³-hybridized carbons (Fsp3) is 0.355. The van der Waals surface area contributed by atoms with Gasteiger partial charge in [0.25, 0.3) is 5.91 Å². The van der Waals surface area contributed by atoms with Crippen molar-refractivity contribution in [2.45, 2.75) is 61.3 Å². The lowest BCUT2D eigenvalue weighted by atomic mass is 9.81. The van der Waals surface area contributed by atoms with Crippen LogP contribution < -0.4 is 11.1 Å². The second-order valence-corrected chi connectivity index (χ2v) is 12.5. The van der Waals surface area contributed by atoms with E-state index >= 15 is 0 Å². The fourth-order valence-corrected chi connectivity index (χ4v) is 4.79. The molecule has 3 N–H and O–H groups in total. The number of hydrogen-bond donors (Lipinski definition) is 2. The van der Waals surface area contributed by atoms with Crippen molar-refractivity contribution < 1.29 is 4.79 Å². The van der Waals surface area contributed by atoms with Crippen molar-refractivity contribution in [2.75, 3.05) is 11.1 Å². The zero-order valence-electron chi connectivity index (χ0n) is 22.7. The first-order valence-electron chi connectivity index (χ1n) is 12.4. The van der Waals surface area contributed by atoms with Crippen LogP contribution in [0.15, 0.2) is 66.8 Å². The summed E-state index contributed by atoms with van der Waals surface area (Å²) in [6.45, 7) is 19.4. The molecule has 1 amide bonds. The van der Waals surface area contributed by atoms with Gasteiger partial charge in [-0.25, -0.2) is 4.98 Å². The van der Waals surface area contributed by atoms with Crippen molar-refractivity contribution >= 4 is 44.4 Å². The molecule has 0 saturated carbocycles. The molecule has 5 heteroatoms. The van der Waals surface area contributed by atoms with E-state index in [0.29, 0.717) is 17.0 Å². The van der Waals surface area contributed by atoms with E-state index in [9.17, 15) is 4.79 Å². The molecule has 0 radical (unpaired) electrons. The van der Waals surface area contributed by atoms with Crippen LogP contribution in [0.1, 0.15) is 75.8 Å². The Balaban J connectivity index is 1.79. The van der Waals surface area contributed by atoms with Gasteiger partial charge in [-0.1, -0.05) is 71.9 Å². The molecule has 0 aliphatic rings. The van der Waals surface area contributed by atoms with Gasteiger partial charge in [-0.3, -0.25) is 4.79 Å². The lowest BCUT2D eigenvalue weighted by Gasteiger charge is -2.24. The van der Waals surface area contributed by atoms with Gasteiger partial charge in [0.1, 0.15) is 9.71 Å². The third-order valence-corrected chi connectivity index (χ3v) is 7.10. The molecule has 0 fully saturated rings. The summed E-state index contributed by atoms with van der Waals surface area (Å²) < 4.78 is 0. The van der Waals surface area contributed by atoms with Gasteiger partial charge in [0.05, 0.1) is 5.69 Å². The lowest BCUT2D eigenvalue weighted by Crippen LogP contribution is -2.12. The molecule has 4 nitrogen and oxygen atoms in total. The number of thiophene rings is 1. The predicted octanol–water partition coefficient (Wildman–Crippen LogP) is 8.67. The quantitative estimate of drug-likeness (QED) is 0.251. The first kappa shape index (κ1) is 27.4. The number of nitrogen functional groups attached to an aromatic ring is 1. The van der Waals surface area contributed by atoms with Crippen LogP contribution in [-0.4, -0.2) is 10.9 Å². The third-order valence-electron chi connectivity index (χ3n) is 5.98. The monoisotopic (exact) mass is 501 g/mol. The summed E-state index contributed by atoms with van der Waals surface area (Å²) in [6, 6.07) is 11.8. The van der Waals surface area contributed by atoms with E-state index in [4.69, 9.17) is 5.73 Å². The second kappa shape index (κ2) is 10.8. The number of nitrogens with one attached hydrogen (secondary N) is 1. The summed E-state index contributed by atoms with van der Waals surface area (Å²) in [6.07, 6.45) is 8.17. The highest BCUT2D eigenvalue weighted by Gasteiger charge is 2.19. The number of anilines is 2. The van der Waals surface area contributed by atoms with Crippen LogP contribution in [0.2, 0.25) is 0 Å². The third kappa shape index (κ3) is 6.94. The summed E-state index contributed by atoms with van der Waals surface area (Å²) in [7, 11) is 0. The molecule has 0 aliphatic heterocycles. The Labute approximate surface area is 220 Å². The standard InChI is InChI=1S/C31H39N3OS/c1-9-10-23-15-16-25-26(32)27(36-29(25)34-23)28(35)33-24-13-11-21(12-14-24)20(2)19-22(31(6,7)8)17-18-30(3,4)5/h9,11-17,19H,1,10,18,32H2,2-8H3,(H,33,35)/b20-19+,22-17+. The van der Waals surface area contributed by atoms with Crippen molar-refractivity contribution in [2.24, 2.45) is 10.8 Å². The van der Waals surface area contributed by atoms with Crippen LogP contribution in [0.5, 0.6) is 0 Å². The number of nitrogens with two attached hydrogens (primary N) is 1.